The molecule has 1 saturated heterocycles. The molecule has 10 heteroatoms. The Labute approximate surface area is 170 Å². The van der Waals surface area contributed by atoms with E-state index in [0.717, 1.165) is 17.8 Å². The van der Waals surface area contributed by atoms with Crippen molar-refractivity contribution in [3.05, 3.63) is 29.3 Å². The maximum Gasteiger partial charge on any atom is 0.274 e. The monoisotopic (exact) mass is 405 g/mol. The summed E-state index contributed by atoms with van der Waals surface area (Å²) in [6.45, 7) is 10.2. The predicted octanol–water partition coefficient (Wildman–Crippen LogP) is 1.39. The molecule has 152 valence electrons. The van der Waals surface area contributed by atoms with Crippen LogP contribution in [0.15, 0.2) is 12.4 Å². The number of hydrogen-bond acceptors (Lipinski definition) is 5. The lowest BCUT2D eigenvalue weighted by molar-refractivity contribution is 0.0295. The molecule has 0 saturated carbocycles. The van der Waals surface area contributed by atoms with Crippen molar-refractivity contribution >= 4 is 28.9 Å². The highest BCUT2D eigenvalue weighted by atomic mass is 32.1. The van der Waals surface area contributed by atoms with Crippen molar-refractivity contribution in [3.63, 3.8) is 0 Å². The van der Waals surface area contributed by atoms with Crippen LogP contribution in [-0.4, -0.2) is 61.8 Å². The molecule has 0 aromatic carbocycles. The molecule has 2 N–H and O–H groups in total. The first-order valence-corrected chi connectivity index (χ1v) is 9.94. The molecule has 0 aliphatic carbocycles. The van der Waals surface area contributed by atoms with Crippen LogP contribution in [0.1, 0.15) is 35.6 Å². The molecule has 2 aromatic heterocycles. The Morgan fingerprint density at radius 3 is 2.68 bits per heavy atom. The van der Waals surface area contributed by atoms with Gasteiger partial charge in [-0.15, -0.1) is 0 Å². The number of hydrogen-bond donors (Lipinski definition) is 2. The van der Waals surface area contributed by atoms with Gasteiger partial charge in [0.05, 0.1) is 30.8 Å². The van der Waals surface area contributed by atoms with E-state index in [-0.39, 0.29) is 5.91 Å². The van der Waals surface area contributed by atoms with Gasteiger partial charge < -0.3 is 20.3 Å². The number of anilines is 1. The topological polar surface area (TPSA) is 89.2 Å². The van der Waals surface area contributed by atoms with Gasteiger partial charge in [-0.05, 0) is 33.0 Å². The molecule has 3 heterocycles. The Morgan fingerprint density at radius 1 is 1.29 bits per heavy atom. The van der Waals surface area contributed by atoms with Crippen molar-refractivity contribution in [1.82, 2.24) is 29.8 Å². The van der Waals surface area contributed by atoms with Crippen LogP contribution in [0.25, 0.3) is 0 Å². The summed E-state index contributed by atoms with van der Waals surface area (Å²) in [6.07, 6.45) is 3.65. The normalized spacial score (nSPS) is 14.2. The van der Waals surface area contributed by atoms with Crippen LogP contribution in [0.4, 0.5) is 5.69 Å². The second kappa shape index (κ2) is 9.16. The summed E-state index contributed by atoms with van der Waals surface area (Å²) in [5.41, 5.74) is 3.18. The van der Waals surface area contributed by atoms with Gasteiger partial charge in [-0.2, -0.15) is 10.2 Å². The molecule has 1 aliphatic rings. The van der Waals surface area contributed by atoms with Crippen molar-refractivity contribution in [2.45, 2.75) is 40.4 Å². The summed E-state index contributed by atoms with van der Waals surface area (Å²) in [5.74, 6) is -0.0620. The van der Waals surface area contributed by atoms with Crippen LogP contribution in [0.5, 0.6) is 0 Å². The van der Waals surface area contributed by atoms with Crippen LogP contribution >= 0.6 is 12.2 Å². The molecule has 2 aromatic rings. The lowest BCUT2D eigenvalue weighted by atomic mass is 10.2. The molecule has 28 heavy (non-hydrogen) atoms. The van der Waals surface area contributed by atoms with E-state index in [4.69, 9.17) is 17.0 Å². The van der Waals surface area contributed by atoms with Gasteiger partial charge in [0.1, 0.15) is 5.69 Å². The van der Waals surface area contributed by atoms with Crippen molar-refractivity contribution in [2.24, 2.45) is 0 Å². The Morgan fingerprint density at radius 2 is 2.04 bits per heavy atom. The molecule has 0 unspecified atom stereocenters. The van der Waals surface area contributed by atoms with E-state index in [2.05, 4.69) is 20.8 Å². The number of carbonyl (C=O) groups excluding carboxylic acids is 1. The van der Waals surface area contributed by atoms with Crippen molar-refractivity contribution in [1.29, 1.82) is 0 Å². The van der Waals surface area contributed by atoms with Gasteiger partial charge in [-0.3, -0.25) is 14.2 Å². The largest absolute Gasteiger partial charge is 0.378 e. The van der Waals surface area contributed by atoms with E-state index < -0.39 is 0 Å². The zero-order chi connectivity index (χ0) is 20.1. The minimum absolute atomic E-state index is 0.0620. The second-order valence-electron chi connectivity index (χ2n) is 6.53. The van der Waals surface area contributed by atoms with Gasteiger partial charge in [0, 0.05) is 44.5 Å². The molecular formula is C18H27N7O2S. The number of nitrogens with one attached hydrogen (secondary N) is 2. The van der Waals surface area contributed by atoms with E-state index in [1.54, 1.807) is 15.8 Å². The average molecular weight is 406 g/mol. The summed E-state index contributed by atoms with van der Waals surface area (Å²) in [5, 5.41) is 15.5. The van der Waals surface area contributed by atoms with E-state index in [1.807, 2.05) is 31.6 Å². The molecule has 1 fully saturated rings. The SMILES string of the molecule is CCn1cc(CNC(=S)Nc2cnn(CC)c2C(=O)N2CCOCC2)c(C)n1. The highest BCUT2D eigenvalue weighted by Crippen LogP contribution is 2.18. The number of nitrogens with zero attached hydrogens (tertiary/aromatic N) is 5. The third-order valence-electron chi connectivity index (χ3n) is 4.70. The van der Waals surface area contributed by atoms with Gasteiger partial charge in [0.2, 0.25) is 0 Å². The Balaban J connectivity index is 1.67. The fraction of sp³-hybridized carbons (Fsp3) is 0.556. The number of rotatable bonds is 6. The maximum absolute atomic E-state index is 13.0. The summed E-state index contributed by atoms with van der Waals surface area (Å²) >= 11 is 5.43. The number of aromatic nitrogens is 4. The molecule has 1 aliphatic heterocycles. The van der Waals surface area contributed by atoms with E-state index in [1.165, 1.54) is 0 Å². The maximum atomic E-state index is 13.0. The van der Waals surface area contributed by atoms with Crippen molar-refractivity contribution < 1.29 is 9.53 Å². The minimum atomic E-state index is -0.0620. The van der Waals surface area contributed by atoms with Gasteiger partial charge in [0.25, 0.3) is 5.91 Å². The Bertz CT molecular complexity index is 839. The summed E-state index contributed by atoms with van der Waals surface area (Å²) in [6, 6.07) is 0. The van der Waals surface area contributed by atoms with E-state index >= 15 is 0 Å². The number of carbonyl (C=O) groups is 1. The van der Waals surface area contributed by atoms with Gasteiger partial charge in [-0.25, -0.2) is 0 Å². The minimum Gasteiger partial charge on any atom is -0.378 e. The van der Waals surface area contributed by atoms with Gasteiger partial charge >= 0.3 is 0 Å². The van der Waals surface area contributed by atoms with Crippen LogP contribution in [0, 0.1) is 6.92 Å². The Hall–Kier alpha value is -2.46. The molecule has 0 spiro atoms. The highest BCUT2D eigenvalue weighted by molar-refractivity contribution is 7.80. The van der Waals surface area contributed by atoms with Crippen LogP contribution in [0.3, 0.4) is 0 Å². The molecular weight excluding hydrogens is 378 g/mol. The molecule has 1 amide bonds. The summed E-state index contributed by atoms with van der Waals surface area (Å²) < 4.78 is 8.93. The molecule has 0 atom stereocenters. The lowest BCUT2D eigenvalue weighted by Gasteiger charge is -2.27. The number of amides is 1. The second-order valence-corrected chi connectivity index (χ2v) is 6.94. The number of thiocarbonyl (C=S) groups is 1. The quantitative estimate of drug-likeness (QED) is 0.702. The lowest BCUT2D eigenvalue weighted by Crippen LogP contribution is -2.42. The third-order valence-corrected chi connectivity index (χ3v) is 4.95. The van der Waals surface area contributed by atoms with Crippen LogP contribution < -0.4 is 10.6 Å². The van der Waals surface area contributed by atoms with Gasteiger partial charge in [-0.1, -0.05) is 0 Å². The summed E-state index contributed by atoms with van der Waals surface area (Å²) in [7, 11) is 0. The number of aryl methyl sites for hydroxylation is 3. The first kappa shape index (κ1) is 20.3. The third kappa shape index (κ3) is 4.50. The van der Waals surface area contributed by atoms with Gasteiger partial charge in [0.15, 0.2) is 5.11 Å². The van der Waals surface area contributed by atoms with E-state index in [0.29, 0.717) is 55.9 Å². The predicted molar refractivity (Wildman–Crippen MR) is 110 cm³/mol. The van der Waals surface area contributed by atoms with Crippen LogP contribution in [0.2, 0.25) is 0 Å². The smallest absolute Gasteiger partial charge is 0.274 e. The van der Waals surface area contributed by atoms with E-state index in [9.17, 15) is 4.79 Å². The fourth-order valence-corrected chi connectivity index (χ4v) is 3.28. The first-order chi connectivity index (χ1) is 13.5. The summed E-state index contributed by atoms with van der Waals surface area (Å²) in [4.78, 5) is 14.8. The molecule has 0 bridgehead atoms. The zero-order valence-electron chi connectivity index (χ0n) is 16.6. The molecule has 3 rings (SSSR count). The Kier molecular flexibility index (Phi) is 6.63. The molecule has 0 radical (unpaired) electrons. The average Bonchev–Trinajstić information content (AvgIpc) is 3.29. The zero-order valence-corrected chi connectivity index (χ0v) is 17.4. The molecule has 9 nitrogen and oxygen atoms in total. The first-order valence-electron chi connectivity index (χ1n) is 9.54. The van der Waals surface area contributed by atoms with Crippen LogP contribution in [-0.2, 0) is 24.4 Å². The van der Waals surface area contributed by atoms with Crippen molar-refractivity contribution in [3.8, 4) is 0 Å². The highest BCUT2D eigenvalue weighted by Gasteiger charge is 2.25. The standard InChI is InChI=1S/C18H27N7O2S/c1-4-24-12-14(13(3)22-24)10-19-18(28)21-15-11-20-25(5-2)16(15)17(26)23-6-8-27-9-7-23/h11-12H,4-10H2,1-3H3,(H2,19,21,28). The fourth-order valence-electron chi connectivity index (χ4n) is 3.10. The number of morpholine rings is 1. The van der Waals surface area contributed by atoms with Crippen molar-refractivity contribution in [2.75, 3.05) is 31.6 Å². The number of ether oxygens (including phenoxy) is 1.